The molecule has 47 heavy (non-hydrogen) atoms. The predicted molar refractivity (Wildman–Crippen MR) is 178 cm³/mol. The number of nitrogens with one attached hydrogen (secondary N) is 3. The first-order valence-electron chi connectivity index (χ1n) is 15.7. The Morgan fingerprint density at radius 3 is 2.36 bits per heavy atom. The van der Waals surface area contributed by atoms with E-state index >= 15 is 0 Å². The lowest BCUT2D eigenvalue weighted by Crippen LogP contribution is -2.56. The third-order valence-electron chi connectivity index (χ3n) is 8.40. The van der Waals surface area contributed by atoms with Crippen molar-refractivity contribution >= 4 is 34.2 Å². The molecule has 2 heterocycles. The number of halogens is 3. The monoisotopic (exact) mass is 650 g/mol. The predicted octanol–water partition coefficient (Wildman–Crippen LogP) is 6.29. The minimum Gasteiger partial charge on any atom is -0.492 e. The second-order valence-electron chi connectivity index (χ2n) is 12.0. The van der Waals surface area contributed by atoms with Crippen LogP contribution in [0.5, 0.6) is 5.75 Å². The quantitative estimate of drug-likeness (QED) is 0.188. The summed E-state index contributed by atoms with van der Waals surface area (Å²) >= 11 is 0. The van der Waals surface area contributed by atoms with Gasteiger partial charge in [-0.05, 0) is 74.6 Å². The number of ether oxygens (including phenoxy) is 1. The Balaban J connectivity index is 1.35. The van der Waals surface area contributed by atoms with E-state index in [0.29, 0.717) is 56.5 Å². The van der Waals surface area contributed by atoms with Crippen LogP contribution in [0.25, 0.3) is 10.9 Å². The van der Waals surface area contributed by atoms with Crippen LogP contribution in [0, 0.1) is 0 Å². The summed E-state index contributed by atoms with van der Waals surface area (Å²) in [6.45, 7) is 6.41. The first-order chi connectivity index (χ1) is 22.4. The number of aromatic amines is 1. The van der Waals surface area contributed by atoms with E-state index in [-0.39, 0.29) is 5.91 Å². The van der Waals surface area contributed by atoms with Crippen LogP contribution < -0.4 is 20.3 Å². The van der Waals surface area contributed by atoms with Crippen molar-refractivity contribution in [3.8, 4) is 5.75 Å². The SMILES string of the molecule is CCOc1ccc(CN(C)C)cc1NC(=O)[C@H](NC(=O)N1CCN(c2ccc(C(F)(F)F)cc2)CC1)[C@H](C)c1c[nH]c2ccccc12. The van der Waals surface area contributed by atoms with E-state index in [1.165, 1.54) is 12.1 Å². The zero-order valence-corrected chi connectivity index (χ0v) is 27.0. The molecule has 0 radical (unpaired) electrons. The van der Waals surface area contributed by atoms with Crippen molar-refractivity contribution in [1.82, 2.24) is 20.1 Å². The summed E-state index contributed by atoms with van der Waals surface area (Å²) in [7, 11) is 3.93. The Kier molecular flexibility index (Phi) is 10.3. The zero-order valence-electron chi connectivity index (χ0n) is 27.0. The van der Waals surface area contributed by atoms with Gasteiger partial charge in [0.05, 0.1) is 17.9 Å². The van der Waals surface area contributed by atoms with Gasteiger partial charge in [-0.3, -0.25) is 4.79 Å². The summed E-state index contributed by atoms with van der Waals surface area (Å²) in [4.78, 5) is 36.7. The maximum atomic E-state index is 14.1. The third-order valence-corrected chi connectivity index (χ3v) is 8.40. The lowest BCUT2D eigenvalue weighted by atomic mass is 9.92. The molecule has 12 heteroatoms. The van der Waals surface area contributed by atoms with Gasteiger partial charge in [-0.2, -0.15) is 13.2 Å². The highest BCUT2D eigenvalue weighted by atomic mass is 19.4. The van der Waals surface area contributed by atoms with Gasteiger partial charge < -0.3 is 35.1 Å². The molecule has 3 amide bonds. The van der Waals surface area contributed by atoms with Crippen molar-refractivity contribution in [2.45, 2.75) is 38.5 Å². The zero-order chi connectivity index (χ0) is 33.7. The molecular weight excluding hydrogens is 609 g/mol. The van der Waals surface area contributed by atoms with Crippen molar-refractivity contribution in [3.63, 3.8) is 0 Å². The maximum Gasteiger partial charge on any atom is 0.416 e. The molecule has 3 N–H and O–H groups in total. The number of fused-ring (bicyclic) bond motifs is 1. The van der Waals surface area contributed by atoms with Gasteiger partial charge in [0.25, 0.3) is 0 Å². The van der Waals surface area contributed by atoms with Crippen LogP contribution >= 0.6 is 0 Å². The second-order valence-corrected chi connectivity index (χ2v) is 12.0. The molecule has 2 atom stereocenters. The third kappa shape index (κ3) is 7.99. The number of hydrogen-bond donors (Lipinski definition) is 3. The van der Waals surface area contributed by atoms with Gasteiger partial charge in [0.1, 0.15) is 11.8 Å². The standard InChI is InChI=1S/C35H41F3N6O3/c1-5-47-31-15-10-24(22-42(3)4)20-30(31)40-33(45)32(23(2)28-21-39-29-9-7-6-8-27(28)29)41-34(46)44-18-16-43(17-19-44)26-13-11-25(12-14-26)35(36,37)38/h6-15,20-21,23,32,39H,5,16-19,22H2,1-4H3,(H,40,45)(H,41,46)/t23-,32-/m1/s1. The molecule has 1 aromatic heterocycles. The number of nitrogens with zero attached hydrogens (tertiary/aromatic N) is 3. The number of carbonyl (C=O) groups is 2. The number of alkyl halides is 3. The summed E-state index contributed by atoms with van der Waals surface area (Å²) in [5.41, 5.74) is 3.28. The number of para-hydroxylation sites is 1. The summed E-state index contributed by atoms with van der Waals surface area (Å²) in [5.74, 6) is -0.265. The summed E-state index contributed by atoms with van der Waals surface area (Å²) < 4.78 is 44.9. The first kappa shape index (κ1) is 33.6. The summed E-state index contributed by atoms with van der Waals surface area (Å²) in [5, 5.41) is 7.00. The molecule has 1 saturated heterocycles. The van der Waals surface area contributed by atoms with Gasteiger partial charge in [-0.1, -0.05) is 31.2 Å². The topological polar surface area (TPSA) is 92.9 Å². The Morgan fingerprint density at radius 2 is 1.70 bits per heavy atom. The van der Waals surface area contributed by atoms with E-state index in [1.54, 1.807) is 4.90 Å². The van der Waals surface area contributed by atoms with E-state index in [0.717, 1.165) is 34.2 Å². The number of aromatic nitrogens is 1. The molecule has 5 rings (SSSR count). The highest BCUT2D eigenvalue weighted by Gasteiger charge is 2.33. The fraction of sp³-hybridized carbons (Fsp3) is 0.371. The lowest BCUT2D eigenvalue weighted by molar-refractivity contribution is -0.137. The van der Waals surface area contributed by atoms with Gasteiger partial charge in [-0.25, -0.2) is 4.79 Å². The average molecular weight is 651 g/mol. The van der Waals surface area contributed by atoms with E-state index in [2.05, 4.69) is 15.6 Å². The lowest BCUT2D eigenvalue weighted by Gasteiger charge is -2.37. The van der Waals surface area contributed by atoms with E-state index in [9.17, 15) is 22.8 Å². The Morgan fingerprint density at radius 1 is 1.00 bits per heavy atom. The van der Waals surface area contributed by atoms with Gasteiger partial charge in [0.2, 0.25) is 5.91 Å². The van der Waals surface area contributed by atoms with Crippen molar-refractivity contribution in [1.29, 1.82) is 0 Å². The smallest absolute Gasteiger partial charge is 0.416 e. The van der Waals surface area contributed by atoms with Crippen LogP contribution in [0.1, 0.15) is 36.5 Å². The molecular formula is C35H41F3N6O3. The number of urea groups is 1. The highest BCUT2D eigenvalue weighted by Crippen LogP contribution is 2.32. The molecule has 0 aliphatic carbocycles. The van der Waals surface area contributed by atoms with Gasteiger partial charge in [0, 0.05) is 61.4 Å². The molecule has 9 nitrogen and oxygen atoms in total. The molecule has 250 valence electrons. The number of hydrogen-bond acceptors (Lipinski definition) is 5. The van der Waals surface area contributed by atoms with Crippen molar-refractivity contribution in [3.05, 3.63) is 89.6 Å². The number of piperazine rings is 1. The Hall–Kier alpha value is -4.71. The summed E-state index contributed by atoms with van der Waals surface area (Å²) in [6, 6.07) is 17.2. The molecule has 0 spiro atoms. The number of amides is 3. The minimum absolute atomic E-state index is 0.337. The number of rotatable bonds is 10. The largest absolute Gasteiger partial charge is 0.492 e. The van der Waals surface area contributed by atoms with E-state index < -0.39 is 29.7 Å². The van der Waals surface area contributed by atoms with Gasteiger partial charge >= 0.3 is 12.2 Å². The van der Waals surface area contributed by atoms with Crippen LogP contribution in [0.15, 0.2) is 72.9 Å². The van der Waals surface area contributed by atoms with E-state index in [1.807, 2.05) is 86.4 Å². The van der Waals surface area contributed by atoms with Crippen LogP contribution in [0.3, 0.4) is 0 Å². The maximum absolute atomic E-state index is 14.1. The molecule has 1 aliphatic rings. The van der Waals surface area contributed by atoms with E-state index in [4.69, 9.17) is 4.74 Å². The summed E-state index contributed by atoms with van der Waals surface area (Å²) in [6.07, 6.45) is -2.53. The average Bonchev–Trinajstić information content (AvgIpc) is 3.48. The Labute approximate surface area is 272 Å². The van der Waals surface area contributed by atoms with Crippen molar-refractivity contribution in [2.24, 2.45) is 0 Å². The normalized spacial score (nSPS) is 15.1. The first-order valence-corrected chi connectivity index (χ1v) is 15.7. The van der Waals surface area contributed by atoms with Gasteiger partial charge in [-0.15, -0.1) is 0 Å². The van der Waals surface area contributed by atoms with Crippen LogP contribution in [-0.4, -0.2) is 79.6 Å². The number of H-pyrrole nitrogens is 1. The van der Waals surface area contributed by atoms with Crippen LogP contribution in [-0.2, 0) is 17.5 Å². The number of benzene rings is 3. The van der Waals surface area contributed by atoms with Crippen LogP contribution in [0.2, 0.25) is 0 Å². The molecule has 0 saturated carbocycles. The minimum atomic E-state index is -4.40. The fourth-order valence-electron chi connectivity index (χ4n) is 5.95. The number of carbonyl (C=O) groups excluding carboxylic acids is 2. The van der Waals surface area contributed by atoms with Crippen molar-refractivity contribution in [2.75, 3.05) is 57.1 Å². The second kappa shape index (κ2) is 14.4. The molecule has 1 fully saturated rings. The fourth-order valence-corrected chi connectivity index (χ4v) is 5.95. The Bertz CT molecular complexity index is 1680. The molecule has 1 aliphatic heterocycles. The molecule has 0 unspecified atom stereocenters. The molecule has 3 aromatic carbocycles. The number of anilines is 2. The van der Waals surface area contributed by atoms with Crippen LogP contribution in [0.4, 0.5) is 29.3 Å². The molecule has 0 bridgehead atoms. The molecule has 4 aromatic rings. The van der Waals surface area contributed by atoms with Crippen molar-refractivity contribution < 1.29 is 27.5 Å². The highest BCUT2D eigenvalue weighted by molar-refractivity contribution is 5.99. The van der Waals surface area contributed by atoms with Gasteiger partial charge in [0.15, 0.2) is 0 Å².